The highest BCUT2D eigenvalue weighted by molar-refractivity contribution is 5.80. The lowest BCUT2D eigenvalue weighted by molar-refractivity contribution is -0.127. The molecule has 4 rings (SSSR count). The largest absolute Gasteiger partial charge is 0.437 e. The molecule has 0 spiro atoms. The van der Waals surface area contributed by atoms with E-state index in [9.17, 15) is 4.79 Å². The Labute approximate surface area is 170 Å². The lowest BCUT2D eigenvalue weighted by Gasteiger charge is -2.30. The summed E-state index contributed by atoms with van der Waals surface area (Å²) in [7, 11) is 0. The van der Waals surface area contributed by atoms with Crippen LogP contribution >= 0.6 is 0 Å². The number of ether oxygens (including phenoxy) is 2. The second kappa shape index (κ2) is 8.73. The Bertz CT molecular complexity index is 871. The maximum Gasteiger partial charge on any atom is 0.227 e. The standard InChI is InChI=1S/C21H27N5O3/c1-14-19(23-13-24-21(14)29-18-7-4-8-22-15(18)2)26-9-10-28-12-16(11-26)20(27)25-17-5-3-6-17/h4,7-8,13,16-17H,3,5-6,9-12H2,1-2H3,(H,25,27). The monoisotopic (exact) mass is 397 g/mol. The molecular formula is C21H27N5O3. The zero-order chi connectivity index (χ0) is 20.2. The highest BCUT2D eigenvalue weighted by atomic mass is 16.5. The molecule has 1 amide bonds. The molecule has 8 heteroatoms. The number of pyridine rings is 1. The van der Waals surface area contributed by atoms with Gasteiger partial charge in [-0.2, -0.15) is 0 Å². The van der Waals surface area contributed by atoms with Crippen LogP contribution in [0.2, 0.25) is 0 Å². The van der Waals surface area contributed by atoms with Crippen LogP contribution in [0.5, 0.6) is 11.6 Å². The van der Waals surface area contributed by atoms with Gasteiger partial charge < -0.3 is 19.7 Å². The van der Waals surface area contributed by atoms with E-state index >= 15 is 0 Å². The summed E-state index contributed by atoms with van der Waals surface area (Å²) in [4.78, 5) is 27.8. The predicted molar refractivity (Wildman–Crippen MR) is 108 cm³/mol. The number of rotatable bonds is 5. The lowest BCUT2D eigenvalue weighted by Crippen LogP contribution is -2.46. The molecule has 2 aromatic rings. The Morgan fingerprint density at radius 3 is 2.90 bits per heavy atom. The van der Waals surface area contributed by atoms with Crippen molar-refractivity contribution >= 4 is 11.7 Å². The quantitative estimate of drug-likeness (QED) is 0.829. The van der Waals surface area contributed by atoms with Crippen LogP contribution in [0.4, 0.5) is 5.82 Å². The van der Waals surface area contributed by atoms with Crippen molar-refractivity contribution in [2.75, 3.05) is 31.2 Å². The third kappa shape index (κ3) is 4.48. The first-order valence-electron chi connectivity index (χ1n) is 10.2. The number of nitrogens with zero attached hydrogens (tertiary/aromatic N) is 4. The van der Waals surface area contributed by atoms with Crippen LogP contribution in [-0.2, 0) is 9.53 Å². The van der Waals surface area contributed by atoms with Crippen LogP contribution in [0.15, 0.2) is 24.7 Å². The summed E-state index contributed by atoms with van der Waals surface area (Å²) >= 11 is 0. The third-order valence-electron chi connectivity index (χ3n) is 5.56. The van der Waals surface area contributed by atoms with Crippen molar-refractivity contribution in [1.29, 1.82) is 0 Å². The minimum absolute atomic E-state index is 0.0655. The molecule has 2 aromatic heterocycles. The van der Waals surface area contributed by atoms with Crippen LogP contribution < -0.4 is 15.0 Å². The number of hydrogen-bond acceptors (Lipinski definition) is 7. The van der Waals surface area contributed by atoms with Crippen LogP contribution in [0, 0.1) is 19.8 Å². The fraction of sp³-hybridized carbons (Fsp3) is 0.524. The molecule has 3 heterocycles. The topological polar surface area (TPSA) is 89.5 Å². The molecule has 1 aliphatic carbocycles. The van der Waals surface area contributed by atoms with Crippen LogP contribution in [0.3, 0.4) is 0 Å². The number of anilines is 1. The van der Waals surface area contributed by atoms with E-state index in [1.54, 1.807) is 6.20 Å². The van der Waals surface area contributed by atoms with Crippen molar-refractivity contribution in [2.24, 2.45) is 5.92 Å². The van der Waals surface area contributed by atoms with E-state index in [-0.39, 0.29) is 11.8 Å². The zero-order valence-electron chi connectivity index (χ0n) is 16.9. The zero-order valence-corrected chi connectivity index (χ0v) is 16.9. The Kier molecular flexibility index (Phi) is 5.89. The van der Waals surface area contributed by atoms with Crippen molar-refractivity contribution in [2.45, 2.75) is 39.2 Å². The van der Waals surface area contributed by atoms with Crippen LogP contribution in [-0.4, -0.2) is 53.2 Å². The maximum absolute atomic E-state index is 12.7. The van der Waals surface area contributed by atoms with E-state index in [2.05, 4.69) is 25.2 Å². The average Bonchev–Trinajstić information content (AvgIpc) is 2.94. The predicted octanol–water partition coefficient (Wildman–Crippen LogP) is 2.40. The van der Waals surface area contributed by atoms with Gasteiger partial charge in [-0.05, 0) is 45.2 Å². The Morgan fingerprint density at radius 1 is 1.28 bits per heavy atom. The van der Waals surface area contributed by atoms with Gasteiger partial charge in [0.15, 0.2) is 5.75 Å². The molecule has 1 atom stereocenters. The summed E-state index contributed by atoms with van der Waals surface area (Å²) in [6.07, 6.45) is 6.56. The van der Waals surface area contributed by atoms with Gasteiger partial charge >= 0.3 is 0 Å². The van der Waals surface area contributed by atoms with Crippen molar-refractivity contribution < 1.29 is 14.3 Å². The first-order chi connectivity index (χ1) is 14.1. The average molecular weight is 397 g/mol. The van der Waals surface area contributed by atoms with Crippen molar-refractivity contribution in [3.05, 3.63) is 35.9 Å². The first-order valence-corrected chi connectivity index (χ1v) is 10.2. The van der Waals surface area contributed by atoms with Crippen molar-refractivity contribution in [3.63, 3.8) is 0 Å². The van der Waals surface area contributed by atoms with E-state index < -0.39 is 0 Å². The van der Waals surface area contributed by atoms with Gasteiger partial charge in [0.2, 0.25) is 11.8 Å². The third-order valence-corrected chi connectivity index (χ3v) is 5.56. The lowest BCUT2D eigenvalue weighted by atomic mass is 9.92. The molecule has 29 heavy (non-hydrogen) atoms. The summed E-state index contributed by atoms with van der Waals surface area (Å²) in [5.74, 6) is 1.76. The van der Waals surface area contributed by atoms with Gasteiger partial charge in [0.25, 0.3) is 0 Å². The van der Waals surface area contributed by atoms with Gasteiger partial charge in [-0.25, -0.2) is 9.97 Å². The molecule has 1 N–H and O–H groups in total. The molecule has 2 aliphatic rings. The minimum Gasteiger partial charge on any atom is -0.437 e. The molecule has 154 valence electrons. The molecule has 1 unspecified atom stereocenters. The second-order valence-corrected chi connectivity index (χ2v) is 7.67. The van der Waals surface area contributed by atoms with Gasteiger partial charge in [-0.15, -0.1) is 0 Å². The van der Waals surface area contributed by atoms with Crippen molar-refractivity contribution in [3.8, 4) is 11.6 Å². The Hall–Kier alpha value is -2.74. The van der Waals surface area contributed by atoms with E-state index in [1.807, 2.05) is 26.0 Å². The Morgan fingerprint density at radius 2 is 2.14 bits per heavy atom. The Balaban J connectivity index is 1.51. The number of nitrogens with one attached hydrogen (secondary N) is 1. The number of hydrogen-bond donors (Lipinski definition) is 1. The van der Waals surface area contributed by atoms with Crippen molar-refractivity contribution in [1.82, 2.24) is 20.3 Å². The molecule has 2 fully saturated rings. The summed E-state index contributed by atoms with van der Waals surface area (Å²) < 4.78 is 11.7. The van der Waals surface area contributed by atoms with Crippen LogP contribution in [0.1, 0.15) is 30.5 Å². The molecule has 1 aliphatic heterocycles. The number of carbonyl (C=O) groups excluding carboxylic acids is 1. The van der Waals surface area contributed by atoms with E-state index in [0.717, 1.165) is 29.9 Å². The number of amides is 1. The maximum atomic E-state index is 12.7. The fourth-order valence-corrected chi connectivity index (χ4v) is 3.56. The van der Waals surface area contributed by atoms with E-state index in [0.29, 0.717) is 44.0 Å². The molecule has 1 saturated heterocycles. The van der Waals surface area contributed by atoms with Crippen LogP contribution in [0.25, 0.3) is 0 Å². The minimum atomic E-state index is -0.225. The van der Waals surface area contributed by atoms with Gasteiger partial charge in [-0.1, -0.05) is 0 Å². The van der Waals surface area contributed by atoms with E-state index in [4.69, 9.17) is 9.47 Å². The second-order valence-electron chi connectivity index (χ2n) is 7.67. The summed E-state index contributed by atoms with van der Waals surface area (Å²) in [6, 6.07) is 4.02. The highest BCUT2D eigenvalue weighted by Gasteiger charge is 2.29. The molecule has 8 nitrogen and oxygen atoms in total. The summed E-state index contributed by atoms with van der Waals surface area (Å²) in [5.41, 5.74) is 1.62. The molecule has 1 saturated carbocycles. The normalized spacial score (nSPS) is 19.9. The summed E-state index contributed by atoms with van der Waals surface area (Å²) in [6.45, 7) is 6.03. The number of aromatic nitrogens is 3. The molecule has 0 bridgehead atoms. The van der Waals surface area contributed by atoms with Gasteiger partial charge in [-0.3, -0.25) is 9.78 Å². The fourth-order valence-electron chi connectivity index (χ4n) is 3.56. The highest BCUT2D eigenvalue weighted by Crippen LogP contribution is 2.30. The molecule has 0 aromatic carbocycles. The van der Waals surface area contributed by atoms with Gasteiger partial charge in [0, 0.05) is 25.3 Å². The summed E-state index contributed by atoms with van der Waals surface area (Å²) in [5, 5.41) is 3.14. The number of carbonyl (C=O) groups is 1. The SMILES string of the molecule is Cc1ncccc1Oc1ncnc(N2CCOCC(C(=O)NC3CCC3)C2)c1C. The van der Waals surface area contributed by atoms with Gasteiger partial charge in [0.1, 0.15) is 12.1 Å². The van der Waals surface area contributed by atoms with Gasteiger partial charge in [0.05, 0.1) is 30.4 Å². The smallest absolute Gasteiger partial charge is 0.227 e. The number of aryl methyl sites for hydroxylation is 1. The molecule has 0 radical (unpaired) electrons. The molecular weight excluding hydrogens is 370 g/mol. The first kappa shape index (κ1) is 19.6. The van der Waals surface area contributed by atoms with E-state index in [1.165, 1.54) is 12.7 Å².